The van der Waals surface area contributed by atoms with Gasteiger partial charge < -0.3 is 9.47 Å². The Morgan fingerprint density at radius 1 is 1.53 bits per heavy atom. The summed E-state index contributed by atoms with van der Waals surface area (Å²) in [6, 6.07) is 0. The number of ether oxygens (including phenoxy) is 2. The van der Waals surface area contributed by atoms with Crippen LogP contribution in [0.2, 0.25) is 0 Å². The number of methoxy groups -OCH3 is 1. The van der Waals surface area contributed by atoms with Crippen molar-refractivity contribution in [2.75, 3.05) is 33.4 Å². The number of hydrogen-bond donors (Lipinski definition) is 0. The maximum Gasteiger partial charge on any atom is 0.243 e. The first-order valence-corrected chi connectivity index (χ1v) is 6.49. The van der Waals surface area contributed by atoms with Crippen LogP contribution in [0.5, 0.6) is 5.88 Å². The van der Waals surface area contributed by atoms with Crippen LogP contribution in [-0.2, 0) is 4.74 Å². The average Bonchev–Trinajstić information content (AvgIpc) is 2.47. The van der Waals surface area contributed by atoms with Gasteiger partial charge in [0.2, 0.25) is 11.7 Å². The quantitative estimate of drug-likeness (QED) is 0.733. The maximum absolute atomic E-state index is 12.4. The molecule has 19 heavy (non-hydrogen) atoms. The zero-order chi connectivity index (χ0) is 13.7. The number of ketones is 1. The molecule has 0 amide bonds. The summed E-state index contributed by atoms with van der Waals surface area (Å²) >= 11 is 0. The summed E-state index contributed by atoms with van der Waals surface area (Å²) < 4.78 is 10.6. The van der Waals surface area contributed by atoms with E-state index in [9.17, 15) is 4.79 Å². The van der Waals surface area contributed by atoms with Crippen molar-refractivity contribution in [1.29, 1.82) is 0 Å². The van der Waals surface area contributed by atoms with Gasteiger partial charge in [-0.05, 0) is 13.0 Å². The molecule has 6 heteroatoms. The monoisotopic (exact) mass is 265 g/mol. The number of carbonyl (C=O) groups is 1. The van der Waals surface area contributed by atoms with Crippen LogP contribution in [0.15, 0.2) is 12.4 Å². The van der Waals surface area contributed by atoms with Gasteiger partial charge in [0.15, 0.2) is 5.69 Å². The van der Waals surface area contributed by atoms with Crippen molar-refractivity contribution in [3.63, 3.8) is 0 Å². The number of morpholine rings is 1. The van der Waals surface area contributed by atoms with Gasteiger partial charge in [0.25, 0.3) is 0 Å². The molecule has 2 rings (SSSR count). The Kier molecular flexibility index (Phi) is 4.81. The summed E-state index contributed by atoms with van der Waals surface area (Å²) in [5.41, 5.74) is 0.244. The molecule has 0 N–H and O–H groups in total. The van der Waals surface area contributed by atoms with Crippen molar-refractivity contribution in [3.05, 3.63) is 18.1 Å². The normalized spacial score (nSPS) is 20.2. The summed E-state index contributed by atoms with van der Waals surface area (Å²) in [6.07, 6.45) is 3.57. The Morgan fingerprint density at radius 3 is 3.05 bits per heavy atom. The lowest BCUT2D eigenvalue weighted by Crippen LogP contribution is -2.46. The molecular weight excluding hydrogens is 246 g/mol. The van der Waals surface area contributed by atoms with Crippen LogP contribution in [-0.4, -0.2) is 60.1 Å². The standard InChI is InChI=1S/C13H19N3O3/c1-3-6-16-7-8-19-10(9-16)12(17)11-13(18-2)15-5-4-14-11/h4-5,10H,3,6-9H2,1-2H3. The Bertz CT molecular complexity index is 437. The highest BCUT2D eigenvalue weighted by atomic mass is 16.5. The molecule has 0 aromatic carbocycles. The fourth-order valence-electron chi connectivity index (χ4n) is 2.18. The molecular formula is C13H19N3O3. The summed E-state index contributed by atoms with van der Waals surface area (Å²) in [6.45, 7) is 5.14. The Morgan fingerprint density at radius 2 is 2.32 bits per heavy atom. The van der Waals surface area contributed by atoms with E-state index in [2.05, 4.69) is 21.8 Å². The van der Waals surface area contributed by atoms with E-state index in [0.29, 0.717) is 13.2 Å². The van der Waals surface area contributed by atoms with Crippen molar-refractivity contribution in [1.82, 2.24) is 14.9 Å². The van der Waals surface area contributed by atoms with E-state index < -0.39 is 6.10 Å². The summed E-state index contributed by atoms with van der Waals surface area (Å²) in [7, 11) is 1.48. The molecule has 1 aromatic rings. The smallest absolute Gasteiger partial charge is 0.243 e. The molecule has 0 aliphatic carbocycles. The van der Waals surface area contributed by atoms with Crippen LogP contribution in [0.1, 0.15) is 23.8 Å². The lowest BCUT2D eigenvalue weighted by Gasteiger charge is -2.31. The van der Waals surface area contributed by atoms with E-state index >= 15 is 0 Å². The minimum absolute atomic E-state index is 0.161. The summed E-state index contributed by atoms with van der Waals surface area (Å²) in [5.74, 6) is 0.0921. The predicted molar refractivity (Wildman–Crippen MR) is 69.4 cm³/mol. The van der Waals surface area contributed by atoms with E-state index in [1.165, 1.54) is 19.5 Å². The van der Waals surface area contributed by atoms with Gasteiger partial charge in [0.05, 0.1) is 13.7 Å². The SMILES string of the molecule is CCCN1CCOC(C(=O)c2nccnc2OC)C1. The van der Waals surface area contributed by atoms with Crippen molar-refractivity contribution in [2.24, 2.45) is 0 Å². The van der Waals surface area contributed by atoms with Gasteiger partial charge in [-0.1, -0.05) is 6.92 Å². The third kappa shape index (κ3) is 3.27. The highest BCUT2D eigenvalue weighted by Gasteiger charge is 2.30. The molecule has 1 aliphatic rings. The van der Waals surface area contributed by atoms with Gasteiger partial charge >= 0.3 is 0 Å². The largest absolute Gasteiger partial charge is 0.479 e. The third-order valence-corrected chi connectivity index (χ3v) is 3.07. The number of rotatable bonds is 5. The van der Waals surface area contributed by atoms with E-state index in [1.54, 1.807) is 0 Å². The van der Waals surface area contributed by atoms with Crippen molar-refractivity contribution < 1.29 is 14.3 Å². The molecule has 0 radical (unpaired) electrons. The van der Waals surface area contributed by atoms with Gasteiger partial charge in [-0.15, -0.1) is 0 Å². The lowest BCUT2D eigenvalue weighted by atomic mass is 10.1. The molecule has 1 aliphatic heterocycles. The van der Waals surface area contributed by atoms with Crippen LogP contribution in [0, 0.1) is 0 Å². The second kappa shape index (κ2) is 6.58. The Hall–Kier alpha value is -1.53. The van der Waals surface area contributed by atoms with Crippen molar-refractivity contribution in [3.8, 4) is 5.88 Å². The molecule has 0 saturated carbocycles. The van der Waals surface area contributed by atoms with Crippen LogP contribution < -0.4 is 4.74 Å². The minimum atomic E-state index is -0.481. The van der Waals surface area contributed by atoms with Gasteiger partial charge in [-0.2, -0.15) is 0 Å². The van der Waals surface area contributed by atoms with Gasteiger partial charge in [0, 0.05) is 25.5 Å². The molecule has 1 fully saturated rings. The van der Waals surface area contributed by atoms with Crippen molar-refractivity contribution >= 4 is 5.78 Å². The molecule has 0 spiro atoms. The zero-order valence-electron chi connectivity index (χ0n) is 11.3. The second-order valence-electron chi connectivity index (χ2n) is 4.44. The molecule has 104 valence electrons. The molecule has 2 heterocycles. The lowest BCUT2D eigenvalue weighted by molar-refractivity contribution is -0.0167. The average molecular weight is 265 g/mol. The Balaban J connectivity index is 2.10. The molecule has 1 atom stereocenters. The van der Waals surface area contributed by atoms with E-state index in [4.69, 9.17) is 9.47 Å². The highest BCUT2D eigenvalue weighted by molar-refractivity contribution is 5.99. The number of Topliss-reactive ketones (excluding diaryl/α,β-unsaturated/α-hetero) is 1. The van der Waals surface area contributed by atoms with Crippen LogP contribution in [0.4, 0.5) is 0 Å². The van der Waals surface area contributed by atoms with Gasteiger partial charge in [-0.25, -0.2) is 9.97 Å². The molecule has 1 aromatic heterocycles. The number of nitrogens with zero attached hydrogens (tertiary/aromatic N) is 3. The highest BCUT2D eigenvalue weighted by Crippen LogP contribution is 2.17. The summed E-state index contributed by atoms with van der Waals surface area (Å²) in [4.78, 5) is 22.7. The number of hydrogen-bond acceptors (Lipinski definition) is 6. The van der Waals surface area contributed by atoms with Crippen LogP contribution >= 0.6 is 0 Å². The minimum Gasteiger partial charge on any atom is -0.479 e. The second-order valence-corrected chi connectivity index (χ2v) is 4.44. The fourth-order valence-corrected chi connectivity index (χ4v) is 2.18. The first-order chi connectivity index (χ1) is 9.26. The zero-order valence-corrected chi connectivity index (χ0v) is 11.3. The van der Waals surface area contributed by atoms with Crippen molar-refractivity contribution in [2.45, 2.75) is 19.4 Å². The van der Waals surface area contributed by atoms with Crippen LogP contribution in [0.3, 0.4) is 0 Å². The fraction of sp³-hybridized carbons (Fsp3) is 0.615. The topological polar surface area (TPSA) is 64.5 Å². The van der Waals surface area contributed by atoms with E-state index in [0.717, 1.165) is 19.5 Å². The van der Waals surface area contributed by atoms with E-state index in [-0.39, 0.29) is 17.4 Å². The first-order valence-electron chi connectivity index (χ1n) is 6.49. The van der Waals surface area contributed by atoms with Gasteiger partial charge in [-0.3, -0.25) is 9.69 Å². The predicted octanol–water partition coefficient (Wildman–Crippen LogP) is 0.779. The molecule has 0 bridgehead atoms. The third-order valence-electron chi connectivity index (χ3n) is 3.07. The summed E-state index contributed by atoms with van der Waals surface area (Å²) in [5, 5.41) is 0. The van der Waals surface area contributed by atoms with Crippen LogP contribution in [0.25, 0.3) is 0 Å². The molecule has 6 nitrogen and oxygen atoms in total. The molecule has 1 saturated heterocycles. The first kappa shape index (κ1) is 13.9. The van der Waals surface area contributed by atoms with E-state index in [1.807, 2.05) is 0 Å². The number of aromatic nitrogens is 2. The number of carbonyl (C=O) groups excluding carboxylic acids is 1. The molecule has 1 unspecified atom stereocenters. The Labute approximate surface area is 112 Å². The van der Waals surface area contributed by atoms with Gasteiger partial charge in [0.1, 0.15) is 6.10 Å². The maximum atomic E-state index is 12.4.